The summed E-state index contributed by atoms with van der Waals surface area (Å²) in [6.45, 7) is 8.20. The van der Waals surface area contributed by atoms with Crippen LogP contribution in [0.1, 0.15) is 58.8 Å². The summed E-state index contributed by atoms with van der Waals surface area (Å²) in [5, 5.41) is 3.72. The fourth-order valence-corrected chi connectivity index (χ4v) is 3.65. The largest absolute Gasteiger partial charge is 0.378 e. The Morgan fingerprint density at radius 3 is 2.84 bits per heavy atom. The zero-order chi connectivity index (χ0) is 13.6. The number of rotatable bonds is 7. The lowest BCUT2D eigenvalue weighted by Gasteiger charge is -2.40. The molecule has 0 aromatic heterocycles. The monoisotopic (exact) mass is 269 g/mol. The van der Waals surface area contributed by atoms with Crippen molar-refractivity contribution < 1.29 is 9.47 Å². The van der Waals surface area contributed by atoms with Crippen molar-refractivity contribution in [1.29, 1.82) is 0 Å². The Hall–Kier alpha value is -0.120. The molecule has 19 heavy (non-hydrogen) atoms. The van der Waals surface area contributed by atoms with Crippen molar-refractivity contribution in [2.45, 2.75) is 70.4 Å². The molecule has 3 unspecified atom stereocenters. The predicted molar refractivity (Wildman–Crippen MR) is 78.4 cm³/mol. The van der Waals surface area contributed by atoms with Gasteiger partial charge in [0.1, 0.15) is 0 Å². The van der Waals surface area contributed by atoms with Crippen LogP contribution in [-0.4, -0.2) is 38.0 Å². The first-order chi connectivity index (χ1) is 9.29. The van der Waals surface area contributed by atoms with Crippen LogP contribution in [0.3, 0.4) is 0 Å². The lowest BCUT2D eigenvalue weighted by Crippen LogP contribution is -2.47. The molecule has 112 valence electrons. The second-order valence-corrected chi connectivity index (χ2v) is 6.25. The molecule has 0 saturated carbocycles. The molecule has 0 aromatic rings. The van der Waals surface area contributed by atoms with Gasteiger partial charge in [0.2, 0.25) is 0 Å². The number of unbranched alkanes of at least 4 members (excludes halogenated alkanes) is 2. The summed E-state index contributed by atoms with van der Waals surface area (Å²) in [5.41, 5.74) is 0.0569. The van der Waals surface area contributed by atoms with Crippen LogP contribution >= 0.6 is 0 Å². The third-order valence-corrected chi connectivity index (χ3v) is 4.75. The van der Waals surface area contributed by atoms with E-state index in [1.165, 1.54) is 38.5 Å². The Morgan fingerprint density at radius 2 is 2.16 bits per heavy atom. The molecule has 3 nitrogen and oxygen atoms in total. The maximum Gasteiger partial charge on any atom is 0.0939 e. The smallest absolute Gasteiger partial charge is 0.0939 e. The van der Waals surface area contributed by atoms with Crippen LogP contribution in [0, 0.1) is 5.92 Å². The van der Waals surface area contributed by atoms with Crippen molar-refractivity contribution in [3.8, 4) is 0 Å². The van der Waals surface area contributed by atoms with Crippen molar-refractivity contribution in [3.05, 3.63) is 0 Å². The topological polar surface area (TPSA) is 30.5 Å². The SMILES string of the molecule is CCCCCC(NCC)C1CCOC2(CCOC2)C1. The maximum absolute atomic E-state index is 6.06. The van der Waals surface area contributed by atoms with Crippen molar-refractivity contribution in [2.24, 2.45) is 5.92 Å². The Labute approximate surface area is 118 Å². The van der Waals surface area contributed by atoms with Crippen molar-refractivity contribution in [1.82, 2.24) is 5.32 Å². The van der Waals surface area contributed by atoms with Crippen LogP contribution in [0.25, 0.3) is 0 Å². The minimum Gasteiger partial charge on any atom is -0.378 e. The summed E-state index contributed by atoms with van der Waals surface area (Å²) >= 11 is 0. The van der Waals surface area contributed by atoms with Gasteiger partial charge in [-0.3, -0.25) is 0 Å². The quantitative estimate of drug-likeness (QED) is 0.720. The summed E-state index contributed by atoms with van der Waals surface area (Å²) in [7, 11) is 0. The van der Waals surface area contributed by atoms with Crippen LogP contribution in [0.15, 0.2) is 0 Å². The van der Waals surface area contributed by atoms with Gasteiger partial charge in [0.25, 0.3) is 0 Å². The summed E-state index contributed by atoms with van der Waals surface area (Å²) in [5.74, 6) is 0.771. The number of hydrogen-bond acceptors (Lipinski definition) is 3. The Morgan fingerprint density at radius 1 is 1.26 bits per heavy atom. The normalized spacial score (nSPS) is 32.8. The van der Waals surface area contributed by atoms with Gasteiger partial charge < -0.3 is 14.8 Å². The highest BCUT2D eigenvalue weighted by molar-refractivity contribution is 4.93. The first-order valence-electron chi connectivity index (χ1n) is 8.25. The van der Waals surface area contributed by atoms with E-state index in [1.807, 2.05) is 0 Å². The number of ether oxygens (including phenoxy) is 2. The Bertz CT molecular complexity index is 251. The molecule has 2 aliphatic heterocycles. The van der Waals surface area contributed by atoms with Gasteiger partial charge in [-0.15, -0.1) is 0 Å². The third-order valence-electron chi connectivity index (χ3n) is 4.75. The molecule has 0 aliphatic carbocycles. The van der Waals surface area contributed by atoms with Gasteiger partial charge in [0.15, 0.2) is 0 Å². The molecule has 2 aliphatic rings. The standard InChI is InChI=1S/C16H31NO2/c1-3-5-6-7-15(17-4-2)14-8-10-19-16(12-14)9-11-18-13-16/h14-15,17H,3-13H2,1-2H3. The average Bonchev–Trinajstić information content (AvgIpc) is 2.86. The molecular formula is C16H31NO2. The second-order valence-electron chi connectivity index (χ2n) is 6.25. The fourth-order valence-electron chi connectivity index (χ4n) is 3.65. The molecule has 2 heterocycles. The third kappa shape index (κ3) is 4.17. The van der Waals surface area contributed by atoms with E-state index in [2.05, 4.69) is 19.2 Å². The molecule has 3 heteroatoms. The molecular weight excluding hydrogens is 238 g/mol. The molecule has 2 rings (SSSR count). The van der Waals surface area contributed by atoms with Crippen LogP contribution < -0.4 is 5.32 Å². The highest BCUT2D eigenvalue weighted by Crippen LogP contribution is 2.37. The minimum atomic E-state index is 0.0569. The number of hydrogen-bond donors (Lipinski definition) is 1. The summed E-state index contributed by atoms with van der Waals surface area (Å²) in [6, 6.07) is 0.679. The average molecular weight is 269 g/mol. The highest BCUT2D eigenvalue weighted by atomic mass is 16.6. The Kier molecular flexibility index (Phi) is 6.11. The first kappa shape index (κ1) is 15.3. The summed E-state index contributed by atoms with van der Waals surface area (Å²) in [4.78, 5) is 0. The van der Waals surface area contributed by atoms with E-state index in [9.17, 15) is 0 Å². The summed E-state index contributed by atoms with van der Waals surface area (Å²) < 4.78 is 11.6. The molecule has 0 aromatic carbocycles. The van der Waals surface area contributed by atoms with Gasteiger partial charge in [0.05, 0.1) is 12.2 Å². The van der Waals surface area contributed by atoms with Gasteiger partial charge in [-0.05, 0) is 31.7 Å². The van der Waals surface area contributed by atoms with Gasteiger partial charge in [-0.25, -0.2) is 0 Å². The van der Waals surface area contributed by atoms with E-state index in [-0.39, 0.29) is 5.60 Å². The lowest BCUT2D eigenvalue weighted by molar-refractivity contribution is -0.103. The fraction of sp³-hybridized carbons (Fsp3) is 1.00. The molecule has 1 N–H and O–H groups in total. The van der Waals surface area contributed by atoms with Gasteiger partial charge in [0, 0.05) is 25.7 Å². The van der Waals surface area contributed by atoms with Crippen molar-refractivity contribution in [2.75, 3.05) is 26.4 Å². The molecule has 0 radical (unpaired) electrons. The van der Waals surface area contributed by atoms with Crippen LogP contribution in [0.5, 0.6) is 0 Å². The van der Waals surface area contributed by atoms with E-state index in [1.54, 1.807) is 0 Å². The number of nitrogens with one attached hydrogen (secondary N) is 1. The van der Waals surface area contributed by atoms with Gasteiger partial charge in [-0.2, -0.15) is 0 Å². The van der Waals surface area contributed by atoms with E-state index in [0.717, 1.165) is 38.7 Å². The summed E-state index contributed by atoms with van der Waals surface area (Å²) in [6.07, 6.45) is 8.85. The molecule has 2 saturated heterocycles. The van der Waals surface area contributed by atoms with Crippen molar-refractivity contribution >= 4 is 0 Å². The van der Waals surface area contributed by atoms with E-state index in [0.29, 0.717) is 6.04 Å². The van der Waals surface area contributed by atoms with Crippen LogP contribution in [0.2, 0.25) is 0 Å². The Balaban J connectivity index is 1.88. The zero-order valence-electron chi connectivity index (χ0n) is 12.7. The van der Waals surface area contributed by atoms with Crippen LogP contribution in [0.4, 0.5) is 0 Å². The van der Waals surface area contributed by atoms with Gasteiger partial charge in [-0.1, -0.05) is 33.1 Å². The highest BCUT2D eigenvalue weighted by Gasteiger charge is 2.42. The van der Waals surface area contributed by atoms with E-state index < -0.39 is 0 Å². The van der Waals surface area contributed by atoms with E-state index >= 15 is 0 Å². The first-order valence-corrected chi connectivity index (χ1v) is 8.25. The predicted octanol–water partition coefficient (Wildman–Crippen LogP) is 3.13. The minimum absolute atomic E-state index is 0.0569. The molecule has 1 spiro atoms. The second kappa shape index (κ2) is 7.61. The molecule has 2 fully saturated rings. The molecule has 0 bridgehead atoms. The lowest BCUT2D eigenvalue weighted by atomic mass is 9.79. The maximum atomic E-state index is 6.06. The zero-order valence-corrected chi connectivity index (χ0v) is 12.7. The van der Waals surface area contributed by atoms with Gasteiger partial charge >= 0.3 is 0 Å². The molecule has 0 amide bonds. The van der Waals surface area contributed by atoms with Crippen molar-refractivity contribution in [3.63, 3.8) is 0 Å². The molecule has 3 atom stereocenters. The van der Waals surface area contributed by atoms with Crippen LogP contribution in [-0.2, 0) is 9.47 Å². The van der Waals surface area contributed by atoms with E-state index in [4.69, 9.17) is 9.47 Å².